The quantitative estimate of drug-likeness (QED) is 0.255. The van der Waals surface area contributed by atoms with Crippen LogP contribution in [0.15, 0.2) is 77.0 Å². The van der Waals surface area contributed by atoms with Gasteiger partial charge in [0.1, 0.15) is 0 Å². The number of nitrogens with zero attached hydrogens (tertiary/aromatic N) is 2. The van der Waals surface area contributed by atoms with Gasteiger partial charge in [-0.05, 0) is 67.4 Å². The van der Waals surface area contributed by atoms with E-state index < -0.39 is 32.9 Å². The molecule has 0 unspecified atom stereocenters. The van der Waals surface area contributed by atoms with Gasteiger partial charge in [-0.2, -0.15) is 5.26 Å². The van der Waals surface area contributed by atoms with Crippen molar-refractivity contribution >= 4 is 44.1 Å². The van der Waals surface area contributed by atoms with Crippen molar-refractivity contribution in [1.29, 1.82) is 5.26 Å². The summed E-state index contributed by atoms with van der Waals surface area (Å²) in [5, 5.41) is 25.1. The molecule has 0 bridgehead atoms. The Morgan fingerprint density at radius 3 is 2.41 bits per heavy atom. The molecule has 10 nitrogen and oxygen atoms in total. The number of carboxylic acid groups (broad SMARTS) is 1. The number of carbonyl (C=O) groups excluding carboxylic acids is 2. The Labute approximate surface area is 240 Å². The third-order valence-electron chi connectivity index (χ3n) is 6.01. The van der Waals surface area contributed by atoms with Crippen LogP contribution in [0, 0.1) is 11.3 Å². The van der Waals surface area contributed by atoms with Gasteiger partial charge in [0.15, 0.2) is 15.0 Å². The van der Waals surface area contributed by atoms with Crippen molar-refractivity contribution < 1.29 is 27.9 Å². The molecule has 0 saturated heterocycles. The predicted octanol–water partition coefficient (Wildman–Crippen LogP) is 4.60. The fraction of sp³-hybridized carbons (Fsp3) is 0.138. The molecule has 1 heterocycles. The molecule has 0 saturated carbocycles. The summed E-state index contributed by atoms with van der Waals surface area (Å²) in [5.41, 5.74) is 2.88. The molecule has 0 atom stereocenters. The lowest BCUT2D eigenvalue weighted by atomic mass is 9.98. The molecule has 1 aromatic heterocycles. The Balaban J connectivity index is 1.42. The molecule has 0 spiro atoms. The van der Waals surface area contributed by atoms with Crippen molar-refractivity contribution in [1.82, 2.24) is 10.3 Å². The third kappa shape index (κ3) is 6.84. The maximum Gasteiger partial charge on any atom is 0.335 e. The van der Waals surface area contributed by atoms with Crippen LogP contribution < -0.4 is 10.6 Å². The number of carbonyl (C=O) groups is 3. The van der Waals surface area contributed by atoms with Crippen LogP contribution in [-0.4, -0.2) is 48.1 Å². The van der Waals surface area contributed by atoms with Gasteiger partial charge in [-0.3, -0.25) is 9.59 Å². The number of nitriles is 1. The molecule has 3 aromatic carbocycles. The van der Waals surface area contributed by atoms with Crippen molar-refractivity contribution in [3.05, 3.63) is 88.8 Å². The largest absolute Gasteiger partial charge is 0.478 e. The van der Waals surface area contributed by atoms with E-state index in [1.807, 2.05) is 12.1 Å². The number of sulfone groups is 1. The lowest BCUT2D eigenvalue weighted by molar-refractivity contribution is -0.115. The average molecular weight is 589 g/mol. The number of hydrogen-bond donors (Lipinski definition) is 3. The van der Waals surface area contributed by atoms with Gasteiger partial charge in [0, 0.05) is 16.5 Å². The zero-order valence-corrected chi connectivity index (χ0v) is 23.5. The zero-order valence-electron chi connectivity index (χ0n) is 21.9. The second kappa shape index (κ2) is 12.1. The number of amides is 2. The first-order chi connectivity index (χ1) is 19.5. The molecule has 3 N–H and O–H groups in total. The molecule has 0 radical (unpaired) electrons. The first-order valence-electron chi connectivity index (χ1n) is 12.2. The molecule has 41 heavy (non-hydrogen) atoms. The van der Waals surface area contributed by atoms with E-state index in [4.69, 9.17) is 0 Å². The number of carboxylic acids is 1. The molecule has 12 heteroatoms. The Bertz CT molecular complexity index is 1810. The van der Waals surface area contributed by atoms with Crippen molar-refractivity contribution in [2.24, 2.45) is 0 Å². The standard InChI is InChI=1S/C29H24N4O6S2/c1-17(2)41(38,39)24-8-4-7-21(13-24)27(35)31-15-26(34)33-29-32-25(16-40-29)20-6-3-5-19(11-20)22-9-18(14-30)10-23(12-22)28(36)37/h3-13,16-17H,15H2,1-2H3,(H,31,35)(H,36,37)(H,32,33,34). The number of anilines is 1. The highest BCUT2D eigenvalue weighted by molar-refractivity contribution is 7.92. The molecule has 4 rings (SSSR count). The summed E-state index contributed by atoms with van der Waals surface area (Å²) in [6, 6.07) is 19.2. The molecule has 2 amide bonds. The van der Waals surface area contributed by atoms with E-state index in [-0.39, 0.29) is 28.1 Å². The summed E-state index contributed by atoms with van der Waals surface area (Å²) in [6.45, 7) is 2.75. The summed E-state index contributed by atoms with van der Waals surface area (Å²) in [5.74, 6) is -2.25. The number of aromatic carboxylic acids is 1. The minimum atomic E-state index is -3.56. The van der Waals surface area contributed by atoms with Crippen LogP contribution in [0.4, 0.5) is 5.13 Å². The van der Waals surface area contributed by atoms with Gasteiger partial charge in [0.25, 0.3) is 5.91 Å². The molecule has 4 aromatic rings. The SMILES string of the molecule is CC(C)S(=O)(=O)c1cccc(C(=O)NCC(=O)Nc2nc(-c3cccc(-c4cc(C#N)cc(C(=O)O)c4)c3)cs2)c1. The molecular weight excluding hydrogens is 564 g/mol. The Morgan fingerprint density at radius 1 is 0.976 bits per heavy atom. The van der Waals surface area contributed by atoms with Crippen molar-refractivity contribution in [2.45, 2.75) is 24.0 Å². The molecule has 0 aliphatic heterocycles. The van der Waals surface area contributed by atoms with E-state index in [2.05, 4.69) is 15.6 Å². The number of rotatable bonds is 9. The molecule has 0 aliphatic carbocycles. The first-order valence-corrected chi connectivity index (χ1v) is 14.7. The van der Waals surface area contributed by atoms with E-state index in [1.165, 1.54) is 47.7 Å². The number of nitrogens with one attached hydrogen (secondary N) is 2. The predicted molar refractivity (Wildman–Crippen MR) is 154 cm³/mol. The normalized spacial score (nSPS) is 11.1. The van der Waals surface area contributed by atoms with Crippen molar-refractivity contribution in [2.75, 3.05) is 11.9 Å². The summed E-state index contributed by atoms with van der Waals surface area (Å²) >= 11 is 1.18. The van der Waals surface area contributed by atoms with Crippen LogP contribution >= 0.6 is 11.3 Å². The maximum atomic E-state index is 12.5. The van der Waals surface area contributed by atoms with Crippen LogP contribution in [0.25, 0.3) is 22.4 Å². The fourth-order valence-electron chi connectivity index (χ4n) is 3.82. The number of hydrogen-bond acceptors (Lipinski definition) is 8. The summed E-state index contributed by atoms with van der Waals surface area (Å²) in [4.78, 5) is 40.9. The maximum absolute atomic E-state index is 12.5. The van der Waals surface area contributed by atoms with Crippen LogP contribution in [0.5, 0.6) is 0 Å². The Morgan fingerprint density at radius 2 is 1.71 bits per heavy atom. The molecule has 208 valence electrons. The van der Waals surface area contributed by atoms with E-state index >= 15 is 0 Å². The van der Waals surface area contributed by atoms with Gasteiger partial charge < -0.3 is 15.7 Å². The third-order valence-corrected chi connectivity index (χ3v) is 8.92. The first kappa shape index (κ1) is 29.1. The van der Waals surface area contributed by atoms with Crippen molar-refractivity contribution in [3.63, 3.8) is 0 Å². The van der Waals surface area contributed by atoms with Crippen LogP contribution in [0.2, 0.25) is 0 Å². The molecule has 0 fully saturated rings. The molecule has 0 aliphatic rings. The Kier molecular flexibility index (Phi) is 8.61. The number of aromatic nitrogens is 1. The minimum absolute atomic E-state index is 0.00324. The van der Waals surface area contributed by atoms with Crippen LogP contribution in [0.1, 0.15) is 40.1 Å². The van der Waals surface area contributed by atoms with Gasteiger partial charge in [0.05, 0.1) is 39.6 Å². The average Bonchev–Trinajstić information content (AvgIpc) is 3.44. The second-order valence-corrected chi connectivity index (χ2v) is 12.5. The van der Waals surface area contributed by atoms with Crippen LogP contribution in [0.3, 0.4) is 0 Å². The van der Waals surface area contributed by atoms with E-state index in [9.17, 15) is 33.2 Å². The number of thiazole rings is 1. The van der Waals surface area contributed by atoms with Gasteiger partial charge in [0.2, 0.25) is 5.91 Å². The highest BCUT2D eigenvalue weighted by atomic mass is 32.2. The highest BCUT2D eigenvalue weighted by Gasteiger charge is 2.20. The highest BCUT2D eigenvalue weighted by Crippen LogP contribution is 2.30. The van der Waals surface area contributed by atoms with Gasteiger partial charge in [-0.1, -0.05) is 24.3 Å². The van der Waals surface area contributed by atoms with Crippen LogP contribution in [-0.2, 0) is 14.6 Å². The minimum Gasteiger partial charge on any atom is -0.478 e. The van der Waals surface area contributed by atoms with Crippen molar-refractivity contribution in [3.8, 4) is 28.5 Å². The smallest absolute Gasteiger partial charge is 0.335 e. The van der Waals surface area contributed by atoms with Gasteiger partial charge in [-0.25, -0.2) is 18.2 Å². The zero-order chi connectivity index (χ0) is 29.7. The number of benzene rings is 3. The van der Waals surface area contributed by atoms with E-state index in [1.54, 1.807) is 43.5 Å². The monoisotopic (exact) mass is 588 g/mol. The summed E-state index contributed by atoms with van der Waals surface area (Å²) in [7, 11) is -3.56. The van der Waals surface area contributed by atoms with Gasteiger partial charge >= 0.3 is 5.97 Å². The van der Waals surface area contributed by atoms with E-state index in [0.717, 1.165) is 0 Å². The lowest BCUT2D eigenvalue weighted by Crippen LogP contribution is -2.33. The second-order valence-electron chi connectivity index (χ2n) is 9.19. The molecular formula is C29H24N4O6S2. The lowest BCUT2D eigenvalue weighted by Gasteiger charge is -2.10. The Hall–Kier alpha value is -4.86. The van der Waals surface area contributed by atoms with Gasteiger partial charge in [-0.15, -0.1) is 11.3 Å². The van der Waals surface area contributed by atoms with E-state index in [0.29, 0.717) is 27.5 Å². The summed E-state index contributed by atoms with van der Waals surface area (Å²) < 4.78 is 24.8. The summed E-state index contributed by atoms with van der Waals surface area (Å²) in [6.07, 6.45) is 0. The fourth-order valence-corrected chi connectivity index (χ4v) is 5.66. The topological polar surface area (TPSA) is 166 Å².